The molecular formula is C13H21NO2S. The number of carbonyl (C=O) groups is 2. The van der Waals surface area contributed by atoms with Crippen LogP contribution in [0, 0.1) is 0 Å². The number of hydrogen-bond donors (Lipinski definition) is 0. The fourth-order valence-corrected chi connectivity index (χ4v) is 1.36. The van der Waals surface area contributed by atoms with E-state index >= 15 is 0 Å². The monoisotopic (exact) mass is 255 g/mol. The van der Waals surface area contributed by atoms with Gasteiger partial charge in [0.1, 0.15) is 6.29 Å². The maximum absolute atomic E-state index is 11.2. The molecule has 1 rings (SSSR count). The smallest absolute Gasteiger partial charge is 0.285 e. The van der Waals surface area contributed by atoms with E-state index in [2.05, 4.69) is 0 Å². The third-order valence-corrected chi connectivity index (χ3v) is 2.36. The summed E-state index contributed by atoms with van der Waals surface area (Å²) in [5.41, 5.74) is 0. The average Bonchev–Trinajstić information content (AvgIpc) is 2.34. The van der Waals surface area contributed by atoms with Crippen LogP contribution in [0.15, 0.2) is 35.2 Å². The van der Waals surface area contributed by atoms with Crippen molar-refractivity contribution in [1.82, 2.24) is 4.90 Å². The van der Waals surface area contributed by atoms with E-state index in [1.807, 2.05) is 44.2 Å². The second kappa shape index (κ2) is 12.8. The molecule has 0 bridgehead atoms. The van der Waals surface area contributed by atoms with Gasteiger partial charge in [0.05, 0.1) is 0 Å². The van der Waals surface area contributed by atoms with E-state index in [1.165, 1.54) is 18.7 Å². The normalized spacial score (nSPS) is 7.82. The number of rotatable bonds is 1. The third kappa shape index (κ3) is 11.0. The molecule has 0 aliphatic heterocycles. The maximum Gasteiger partial charge on any atom is 0.285 e. The maximum atomic E-state index is 11.2. The number of benzene rings is 1. The fraction of sp³-hybridized carbons (Fsp3) is 0.385. The van der Waals surface area contributed by atoms with Crippen molar-refractivity contribution in [3.8, 4) is 0 Å². The van der Waals surface area contributed by atoms with E-state index in [1.54, 1.807) is 19.0 Å². The summed E-state index contributed by atoms with van der Waals surface area (Å²) >= 11 is 1.24. The van der Waals surface area contributed by atoms with Gasteiger partial charge >= 0.3 is 0 Å². The lowest BCUT2D eigenvalue weighted by Gasteiger charge is -2.08. The molecule has 0 fully saturated rings. The Balaban J connectivity index is 0. The first-order chi connectivity index (χ1) is 8.11. The highest BCUT2D eigenvalue weighted by Gasteiger charge is 2.04. The van der Waals surface area contributed by atoms with Crippen molar-refractivity contribution in [2.75, 3.05) is 14.1 Å². The Hall–Kier alpha value is -1.29. The lowest BCUT2D eigenvalue weighted by Crippen LogP contribution is -2.15. The van der Waals surface area contributed by atoms with E-state index in [-0.39, 0.29) is 5.24 Å². The van der Waals surface area contributed by atoms with Crippen molar-refractivity contribution >= 4 is 23.3 Å². The highest BCUT2D eigenvalue weighted by atomic mass is 32.2. The van der Waals surface area contributed by atoms with Gasteiger partial charge in [0.25, 0.3) is 5.24 Å². The second-order valence-corrected chi connectivity index (χ2v) is 3.84. The lowest BCUT2D eigenvalue weighted by molar-refractivity contribution is -0.106. The van der Waals surface area contributed by atoms with Gasteiger partial charge in [-0.3, -0.25) is 4.79 Å². The lowest BCUT2D eigenvalue weighted by atomic mass is 10.4. The van der Waals surface area contributed by atoms with Gasteiger partial charge in [-0.25, -0.2) is 0 Å². The summed E-state index contributed by atoms with van der Waals surface area (Å²) in [6.07, 6.45) is 0.750. The highest BCUT2D eigenvalue weighted by Crippen LogP contribution is 2.19. The molecule has 0 aromatic heterocycles. The quantitative estimate of drug-likeness (QED) is 0.567. The van der Waals surface area contributed by atoms with E-state index in [0.29, 0.717) is 0 Å². The summed E-state index contributed by atoms with van der Waals surface area (Å²) < 4.78 is 0. The average molecular weight is 255 g/mol. The van der Waals surface area contributed by atoms with Crippen molar-refractivity contribution in [3.63, 3.8) is 0 Å². The molecule has 0 N–H and O–H groups in total. The Morgan fingerprint density at radius 2 is 1.59 bits per heavy atom. The van der Waals surface area contributed by atoms with Crippen LogP contribution in [0.1, 0.15) is 20.8 Å². The van der Waals surface area contributed by atoms with Crippen LogP contribution < -0.4 is 0 Å². The van der Waals surface area contributed by atoms with Crippen LogP contribution >= 0.6 is 11.8 Å². The van der Waals surface area contributed by atoms with Crippen molar-refractivity contribution < 1.29 is 9.59 Å². The second-order valence-electron chi connectivity index (χ2n) is 2.81. The van der Waals surface area contributed by atoms with Crippen molar-refractivity contribution in [3.05, 3.63) is 30.3 Å². The summed E-state index contributed by atoms with van der Waals surface area (Å²) in [7, 11) is 3.50. The number of hydrogen-bond acceptors (Lipinski definition) is 3. The van der Waals surface area contributed by atoms with Gasteiger partial charge < -0.3 is 9.69 Å². The van der Waals surface area contributed by atoms with Gasteiger partial charge in [0, 0.05) is 19.0 Å². The predicted molar refractivity (Wildman–Crippen MR) is 74.5 cm³/mol. The van der Waals surface area contributed by atoms with Crippen LogP contribution in [0.25, 0.3) is 0 Å². The Kier molecular flexibility index (Phi) is 13.6. The summed E-state index contributed by atoms with van der Waals surface area (Å²) in [5, 5.41) is 0.0567. The largest absolute Gasteiger partial charge is 0.339 e. The topological polar surface area (TPSA) is 37.4 Å². The number of thioether (sulfide) groups is 1. The minimum atomic E-state index is 0.0567. The predicted octanol–water partition coefficient (Wildman–Crippen LogP) is 3.69. The van der Waals surface area contributed by atoms with Crippen molar-refractivity contribution in [1.29, 1.82) is 0 Å². The van der Waals surface area contributed by atoms with Crippen LogP contribution in [0.2, 0.25) is 0 Å². The van der Waals surface area contributed by atoms with E-state index in [4.69, 9.17) is 4.79 Å². The molecule has 17 heavy (non-hydrogen) atoms. The van der Waals surface area contributed by atoms with E-state index in [9.17, 15) is 4.79 Å². The van der Waals surface area contributed by atoms with Gasteiger partial charge in [0.15, 0.2) is 0 Å². The van der Waals surface area contributed by atoms with Gasteiger partial charge in [-0.05, 0) is 30.8 Å². The fourth-order valence-electron chi connectivity index (χ4n) is 0.681. The number of amides is 1. The minimum absolute atomic E-state index is 0.0567. The van der Waals surface area contributed by atoms with Crippen LogP contribution in [0.3, 0.4) is 0 Å². The zero-order valence-electron chi connectivity index (χ0n) is 11.1. The molecule has 0 saturated heterocycles. The number of carbonyl (C=O) groups excluding carboxylic acids is 2. The van der Waals surface area contributed by atoms with Gasteiger partial charge in [-0.15, -0.1) is 0 Å². The van der Waals surface area contributed by atoms with Gasteiger partial charge in [-0.2, -0.15) is 0 Å². The van der Waals surface area contributed by atoms with E-state index < -0.39 is 0 Å². The molecule has 0 atom stereocenters. The van der Waals surface area contributed by atoms with Crippen LogP contribution in [0.5, 0.6) is 0 Å². The molecule has 4 heteroatoms. The van der Waals surface area contributed by atoms with Crippen molar-refractivity contribution in [2.45, 2.75) is 25.7 Å². The molecule has 3 nitrogen and oxygen atoms in total. The molecule has 0 radical (unpaired) electrons. The van der Waals surface area contributed by atoms with Crippen LogP contribution in [-0.2, 0) is 4.79 Å². The molecule has 96 valence electrons. The van der Waals surface area contributed by atoms with Gasteiger partial charge in [0.2, 0.25) is 0 Å². The zero-order valence-corrected chi connectivity index (χ0v) is 12.0. The molecule has 0 aliphatic carbocycles. The summed E-state index contributed by atoms with van der Waals surface area (Å²) in [4.78, 5) is 22.6. The van der Waals surface area contributed by atoms with Crippen LogP contribution in [-0.4, -0.2) is 30.5 Å². The molecule has 0 saturated carbocycles. The Bertz CT molecular complexity index is 300. The molecular weight excluding hydrogens is 234 g/mol. The Morgan fingerprint density at radius 3 is 1.94 bits per heavy atom. The number of aldehydes is 1. The first kappa shape index (κ1) is 18.1. The molecule has 0 unspecified atom stereocenters. The first-order valence-electron chi connectivity index (χ1n) is 5.45. The molecule has 1 amide bonds. The molecule has 0 spiro atoms. The molecule has 0 heterocycles. The minimum Gasteiger partial charge on any atom is -0.339 e. The SMILES string of the molecule is CC.CC=O.CN(C)C(=O)Sc1ccccc1. The first-order valence-corrected chi connectivity index (χ1v) is 6.27. The summed E-state index contributed by atoms with van der Waals surface area (Å²) in [6, 6.07) is 9.62. The zero-order chi connectivity index (χ0) is 13.7. The van der Waals surface area contributed by atoms with E-state index in [0.717, 1.165) is 11.2 Å². The molecule has 1 aromatic rings. The third-order valence-electron chi connectivity index (χ3n) is 1.31. The summed E-state index contributed by atoms with van der Waals surface area (Å²) in [5.74, 6) is 0. The standard InChI is InChI=1S/C9H11NOS.C2H4O.C2H6/c1-10(2)9(11)12-8-6-4-3-5-7-8;1-2-3;1-2/h3-7H,1-2H3;2H,1H3;1-2H3. The Labute approximate surface area is 108 Å². The summed E-state index contributed by atoms with van der Waals surface area (Å²) in [6.45, 7) is 5.44. The van der Waals surface area contributed by atoms with Crippen LogP contribution in [0.4, 0.5) is 4.79 Å². The molecule has 1 aromatic carbocycles. The van der Waals surface area contributed by atoms with Crippen molar-refractivity contribution in [2.24, 2.45) is 0 Å². The number of nitrogens with zero attached hydrogens (tertiary/aromatic N) is 1. The van der Waals surface area contributed by atoms with Gasteiger partial charge in [-0.1, -0.05) is 32.0 Å². The highest BCUT2D eigenvalue weighted by molar-refractivity contribution is 8.13. The molecule has 0 aliphatic rings. The Morgan fingerprint density at radius 1 is 1.18 bits per heavy atom.